The van der Waals surface area contributed by atoms with E-state index in [1.54, 1.807) is 29.2 Å². The largest absolute Gasteiger partial charge is 0.331 e. The summed E-state index contributed by atoms with van der Waals surface area (Å²) in [5, 5.41) is 5.66. The Hall–Kier alpha value is -2.37. The molecule has 2 N–H and O–H groups in total. The molecule has 0 bridgehead atoms. The highest BCUT2D eigenvalue weighted by molar-refractivity contribution is 5.97. The van der Waals surface area contributed by atoms with Crippen LogP contribution < -0.4 is 10.6 Å². The van der Waals surface area contributed by atoms with Gasteiger partial charge < -0.3 is 15.5 Å². The van der Waals surface area contributed by atoms with E-state index in [4.69, 9.17) is 0 Å². The molecule has 1 aromatic rings. The third-order valence-electron chi connectivity index (χ3n) is 3.99. The maximum Gasteiger partial charge on any atom is 0.247 e. The average molecular weight is 331 g/mol. The molecule has 0 radical (unpaired) electrons. The number of benzene rings is 1. The minimum absolute atomic E-state index is 0.0233. The molecule has 1 fully saturated rings. The second kappa shape index (κ2) is 7.95. The smallest absolute Gasteiger partial charge is 0.247 e. The Morgan fingerprint density at radius 2 is 1.71 bits per heavy atom. The van der Waals surface area contributed by atoms with E-state index in [0.29, 0.717) is 36.7 Å². The molecule has 1 heterocycles. The van der Waals surface area contributed by atoms with Gasteiger partial charge >= 0.3 is 0 Å². The standard InChI is InChI=1S/C18H25N3O3/c1-12(2)11-17(23)19-14-6-8-15(9-7-14)20-18(24)16-5-4-10-21(16)13(3)22/h6-9,12,16H,4-5,10-11H2,1-3H3,(H,19,23)(H,20,24). The van der Waals surface area contributed by atoms with Crippen LogP contribution in [0.25, 0.3) is 0 Å². The fourth-order valence-electron chi connectivity index (χ4n) is 2.86. The number of carbonyl (C=O) groups excluding carboxylic acids is 3. The van der Waals surface area contributed by atoms with Crippen LogP contribution in [0, 0.1) is 5.92 Å². The van der Waals surface area contributed by atoms with Gasteiger partial charge in [0.25, 0.3) is 0 Å². The highest BCUT2D eigenvalue weighted by atomic mass is 16.2. The summed E-state index contributed by atoms with van der Waals surface area (Å²) in [5.41, 5.74) is 1.35. The first-order valence-electron chi connectivity index (χ1n) is 8.35. The molecule has 6 nitrogen and oxygen atoms in total. The van der Waals surface area contributed by atoms with Gasteiger partial charge in [-0.15, -0.1) is 0 Å². The minimum atomic E-state index is -0.395. The van der Waals surface area contributed by atoms with Gasteiger partial charge in [-0.25, -0.2) is 0 Å². The fraction of sp³-hybridized carbons (Fsp3) is 0.500. The van der Waals surface area contributed by atoms with Crippen molar-refractivity contribution >= 4 is 29.1 Å². The maximum absolute atomic E-state index is 12.3. The number of amides is 3. The molecule has 1 atom stereocenters. The van der Waals surface area contributed by atoms with Crippen molar-refractivity contribution in [1.82, 2.24) is 4.90 Å². The lowest BCUT2D eigenvalue weighted by atomic mass is 10.1. The van der Waals surface area contributed by atoms with E-state index in [0.717, 1.165) is 6.42 Å². The zero-order valence-corrected chi connectivity index (χ0v) is 14.5. The molecule has 3 amide bonds. The van der Waals surface area contributed by atoms with Crippen LogP contribution in [0.3, 0.4) is 0 Å². The Bertz CT molecular complexity index is 610. The second-order valence-electron chi connectivity index (χ2n) is 6.58. The summed E-state index contributed by atoms with van der Waals surface area (Å²) in [6.45, 7) is 6.10. The van der Waals surface area contributed by atoms with Gasteiger partial charge in [0.2, 0.25) is 17.7 Å². The van der Waals surface area contributed by atoms with Crippen LogP contribution in [-0.2, 0) is 14.4 Å². The number of carbonyl (C=O) groups is 3. The first-order valence-corrected chi connectivity index (χ1v) is 8.35. The molecule has 130 valence electrons. The van der Waals surface area contributed by atoms with Gasteiger partial charge in [0.05, 0.1) is 0 Å². The van der Waals surface area contributed by atoms with E-state index in [2.05, 4.69) is 10.6 Å². The van der Waals surface area contributed by atoms with Crippen molar-refractivity contribution in [3.05, 3.63) is 24.3 Å². The van der Waals surface area contributed by atoms with Crippen LogP contribution in [0.2, 0.25) is 0 Å². The molecule has 1 aromatic carbocycles. The lowest BCUT2D eigenvalue weighted by Gasteiger charge is -2.22. The first-order chi connectivity index (χ1) is 11.4. The minimum Gasteiger partial charge on any atom is -0.331 e. The molecule has 1 aliphatic heterocycles. The summed E-state index contributed by atoms with van der Waals surface area (Å²) in [7, 11) is 0. The van der Waals surface area contributed by atoms with Crippen molar-refractivity contribution < 1.29 is 14.4 Å². The first kappa shape index (κ1) is 18.0. The summed E-state index contributed by atoms with van der Waals surface area (Å²) in [5.74, 6) is 0.0409. The van der Waals surface area contributed by atoms with Crippen LogP contribution >= 0.6 is 0 Å². The number of anilines is 2. The second-order valence-corrected chi connectivity index (χ2v) is 6.58. The van der Waals surface area contributed by atoms with E-state index >= 15 is 0 Å². The topological polar surface area (TPSA) is 78.5 Å². The van der Waals surface area contributed by atoms with Crippen molar-refractivity contribution in [3.63, 3.8) is 0 Å². The molecule has 1 aliphatic rings. The van der Waals surface area contributed by atoms with E-state index in [1.165, 1.54) is 6.92 Å². The molecule has 2 rings (SSSR count). The molecule has 24 heavy (non-hydrogen) atoms. The Morgan fingerprint density at radius 1 is 1.12 bits per heavy atom. The van der Waals surface area contributed by atoms with Crippen LogP contribution in [0.4, 0.5) is 11.4 Å². The molecule has 0 aromatic heterocycles. The predicted octanol–water partition coefficient (Wildman–Crippen LogP) is 2.62. The van der Waals surface area contributed by atoms with Gasteiger partial charge in [-0.05, 0) is 43.0 Å². The summed E-state index contributed by atoms with van der Waals surface area (Å²) in [6.07, 6.45) is 2.01. The molecule has 0 saturated carbocycles. The molecule has 0 spiro atoms. The fourth-order valence-corrected chi connectivity index (χ4v) is 2.86. The van der Waals surface area contributed by atoms with Crippen LogP contribution in [0.1, 0.15) is 40.0 Å². The van der Waals surface area contributed by atoms with Crippen molar-refractivity contribution in [2.24, 2.45) is 5.92 Å². The number of likely N-dealkylation sites (tertiary alicyclic amines) is 1. The Kier molecular flexibility index (Phi) is 5.95. The third kappa shape index (κ3) is 4.81. The van der Waals surface area contributed by atoms with Crippen molar-refractivity contribution in [2.75, 3.05) is 17.2 Å². The summed E-state index contributed by atoms with van der Waals surface area (Å²) >= 11 is 0. The van der Waals surface area contributed by atoms with E-state index in [-0.39, 0.29) is 17.7 Å². The maximum atomic E-state index is 12.3. The van der Waals surface area contributed by atoms with Crippen LogP contribution in [0.5, 0.6) is 0 Å². The van der Waals surface area contributed by atoms with E-state index in [1.807, 2.05) is 13.8 Å². The molecule has 6 heteroatoms. The predicted molar refractivity (Wildman–Crippen MR) is 93.6 cm³/mol. The van der Waals surface area contributed by atoms with Gasteiger partial charge in [-0.3, -0.25) is 14.4 Å². The zero-order chi connectivity index (χ0) is 17.7. The SMILES string of the molecule is CC(=O)N1CCCC1C(=O)Nc1ccc(NC(=O)CC(C)C)cc1. The van der Waals surface area contributed by atoms with Crippen molar-refractivity contribution in [1.29, 1.82) is 0 Å². The monoisotopic (exact) mass is 331 g/mol. The third-order valence-corrected chi connectivity index (χ3v) is 3.99. The Morgan fingerprint density at radius 3 is 2.25 bits per heavy atom. The lowest BCUT2D eigenvalue weighted by molar-refractivity contribution is -0.134. The molecule has 1 unspecified atom stereocenters. The van der Waals surface area contributed by atoms with Gasteiger partial charge in [0.15, 0.2) is 0 Å². The number of hydrogen-bond acceptors (Lipinski definition) is 3. The van der Waals surface area contributed by atoms with E-state index in [9.17, 15) is 14.4 Å². The van der Waals surface area contributed by atoms with Gasteiger partial charge in [-0.1, -0.05) is 13.8 Å². The van der Waals surface area contributed by atoms with Crippen molar-refractivity contribution in [2.45, 2.75) is 46.1 Å². The molecule has 0 aliphatic carbocycles. The highest BCUT2D eigenvalue weighted by Gasteiger charge is 2.32. The van der Waals surface area contributed by atoms with Crippen LogP contribution in [0.15, 0.2) is 24.3 Å². The number of nitrogens with one attached hydrogen (secondary N) is 2. The van der Waals surface area contributed by atoms with E-state index < -0.39 is 6.04 Å². The lowest BCUT2D eigenvalue weighted by Crippen LogP contribution is -2.42. The summed E-state index contributed by atoms with van der Waals surface area (Å²) in [4.78, 5) is 37.2. The Balaban J connectivity index is 1.92. The summed E-state index contributed by atoms with van der Waals surface area (Å²) < 4.78 is 0. The number of nitrogens with zero attached hydrogens (tertiary/aromatic N) is 1. The summed E-state index contributed by atoms with van der Waals surface area (Å²) in [6, 6.07) is 6.61. The quantitative estimate of drug-likeness (QED) is 0.870. The van der Waals surface area contributed by atoms with Gasteiger partial charge in [0, 0.05) is 31.3 Å². The highest BCUT2D eigenvalue weighted by Crippen LogP contribution is 2.20. The Labute approximate surface area is 142 Å². The molecular weight excluding hydrogens is 306 g/mol. The number of hydrogen-bond donors (Lipinski definition) is 2. The van der Waals surface area contributed by atoms with Gasteiger partial charge in [-0.2, -0.15) is 0 Å². The average Bonchev–Trinajstić information content (AvgIpc) is 2.98. The molecular formula is C18H25N3O3. The normalized spacial score (nSPS) is 17.0. The van der Waals surface area contributed by atoms with Crippen molar-refractivity contribution in [3.8, 4) is 0 Å². The number of rotatable bonds is 5. The molecule has 1 saturated heterocycles. The van der Waals surface area contributed by atoms with Crippen LogP contribution in [-0.4, -0.2) is 35.2 Å². The zero-order valence-electron chi connectivity index (χ0n) is 14.5. The van der Waals surface area contributed by atoms with Gasteiger partial charge in [0.1, 0.15) is 6.04 Å².